The first-order chi connectivity index (χ1) is 10.6. The van der Waals surface area contributed by atoms with Gasteiger partial charge in [-0.15, -0.1) is 0 Å². The lowest BCUT2D eigenvalue weighted by atomic mass is 10.1. The Bertz CT molecular complexity index is 638. The predicted molar refractivity (Wildman–Crippen MR) is 87.0 cm³/mol. The highest BCUT2D eigenvalue weighted by Gasteiger charge is 2.11. The van der Waals surface area contributed by atoms with Crippen LogP contribution in [0.25, 0.3) is 0 Å². The summed E-state index contributed by atoms with van der Waals surface area (Å²) in [6, 6.07) is 14.9. The molecule has 0 aliphatic heterocycles. The summed E-state index contributed by atoms with van der Waals surface area (Å²) < 4.78 is 5.28. The molecule has 0 aliphatic carbocycles. The van der Waals surface area contributed by atoms with E-state index < -0.39 is 6.10 Å². The van der Waals surface area contributed by atoms with Gasteiger partial charge in [0.25, 0.3) is 0 Å². The molecule has 2 N–H and O–H groups in total. The second-order valence-corrected chi connectivity index (χ2v) is 5.12. The molecule has 0 bridgehead atoms. The van der Waals surface area contributed by atoms with Crippen LogP contribution in [0.5, 0.6) is 5.75 Å². The molecule has 2 rings (SSSR count). The van der Waals surface area contributed by atoms with E-state index in [-0.39, 0.29) is 5.91 Å². The van der Waals surface area contributed by atoms with Crippen molar-refractivity contribution in [2.45, 2.75) is 25.9 Å². The summed E-state index contributed by atoms with van der Waals surface area (Å²) in [5, 5.41) is 12.6. The average Bonchev–Trinajstić information content (AvgIpc) is 2.53. The van der Waals surface area contributed by atoms with Crippen molar-refractivity contribution in [2.75, 3.05) is 12.4 Å². The fraction of sp³-hybridized carbons (Fsp3) is 0.278. The van der Waals surface area contributed by atoms with Crippen molar-refractivity contribution in [3.8, 4) is 5.75 Å². The van der Waals surface area contributed by atoms with Gasteiger partial charge in [-0.25, -0.2) is 0 Å². The molecule has 0 aromatic heterocycles. The zero-order valence-electron chi connectivity index (χ0n) is 12.9. The molecule has 1 atom stereocenters. The van der Waals surface area contributed by atoms with Crippen LogP contribution in [-0.4, -0.2) is 18.1 Å². The molecule has 0 aliphatic rings. The lowest BCUT2D eigenvalue weighted by molar-refractivity contribution is -0.116. The smallest absolute Gasteiger partial charge is 0.224 e. The number of hydrogen-bond acceptors (Lipinski definition) is 3. The van der Waals surface area contributed by atoms with Crippen molar-refractivity contribution in [2.24, 2.45) is 0 Å². The van der Waals surface area contributed by atoms with E-state index in [1.54, 1.807) is 26.2 Å². The van der Waals surface area contributed by atoms with Crippen LogP contribution in [0, 0.1) is 0 Å². The number of carbonyl (C=O) groups excluding carboxylic acids is 1. The van der Waals surface area contributed by atoms with Gasteiger partial charge in [-0.3, -0.25) is 4.79 Å². The van der Waals surface area contributed by atoms with E-state index in [9.17, 15) is 9.90 Å². The van der Waals surface area contributed by atoms with E-state index in [1.807, 2.05) is 36.4 Å². The number of aliphatic hydroxyl groups is 1. The minimum Gasteiger partial charge on any atom is -0.496 e. The molecule has 0 fully saturated rings. The predicted octanol–water partition coefficient (Wildman–Crippen LogP) is 3.32. The number of aryl methyl sites for hydroxylation is 1. The van der Waals surface area contributed by atoms with Gasteiger partial charge < -0.3 is 15.2 Å². The monoisotopic (exact) mass is 299 g/mol. The van der Waals surface area contributed by atoms with Crippen molar-refractivity contribution >= 4 is 11.6 Å². The molecule has 0 saturated heterocycles. The lowest BCUT2D eigenvalue weighted by Crippen LogP contribution is -2.14. The van der Waals surface area contributed by atoms with E-state index >= 15 is 0 Å². The third-order valence-electron chi connectivity index (χ3n) is 3.50. The molecule has 2 aromatic rings. The zero-order chi connectivity index (χ0) is 15.9. The van der Waals surface area contributed by atoms with Gasteiger partial charge in [0.05, 0.1) is 13.2 Å². The van der Waals surface area contributed by atoms with Crippen LogP contribution in [0.15, 0.2) is 48.5 Å². The Balaban J connectivity index is 1.99. The number of rotatable bonds is 6. The molecule has 116 valence electrons. The molecular weight excluding hydrogens is 278 g/mol. The Morgan fingerprint density at radius 1 is 1.18 bits per heavy atom. The summed E-state index contributed by atoms with van der Waals surface area (Å²) in [7, 11) is 1.62. The Labute approximate surface area is 130 Å². The van der Waals surface area contributed by atoms with Gasteiger partial charge in [-0.2, -0.15) is 0 Å². The topological polar surface area (TPSA) is 58.6 Å². The molecule has 0 saturated carbocycles. The van der Waals surface area contributed by atoms with Crippen LogP contribution in [0.1, 0.15) is 30.6 Å². The molecule has 4 heteroatoms. The van der Waals surface area contributed by atoms with Crippen LogP contribution in [0.4, 0.5) is 5.69 Å². The van der Waals surface area contributed by atoms with E-state index in [4.69, 9.17) is 4.74 Å². The number of hydrogen-bond donors (Lipinski definition) is 2. The Hall–Kier alpha value is -2.33. The van der Waals surface area contributed by atoms with E-state index in [2.05, 4.69) is 5.32 Å². The van der Waals surface area contributed by atoms with E-state index in [1.165, 1.54) is 0 Å². The molecule has 0 spiro atoms. The fourth-order valence-corrected chi connectivity index (χ4v) is 2.35. The number of benzene rings is 2. The first-order valence-corrected chi connectivity index (χ1v) is 7.30. The third-order valence-corrected chi connectivity index (χ3v) is 3.50. The molecule has 22 heavy (non-hydrogen) atoms. The highest BCUT2D eigenvalue weighted by molar-refractivity contribution is 5.91. The summed E-state index contributed by atoms with van der Waals surface area (Å²) in [5.41, 5.74) is 2.37. The highest BCUT2D eigenvalue weighted by atomic mass is 16.5. The second kappa shape index (κ2) is 7.61. The molecule has 1 amide bonds. The number of anilines is 1. The quantitative estimate of drug-likeness (QED) is 0.860. The summed E-state index contributed by atoms with van der Waals surface area (Å²) in [4.78, 5) is 12.1. The molecular formula is C18H21NO3. The maximum atomic E-state index is 12.1. The summed E-state index contributed by atoms with van der Waals surface area (Å²) in [6.07, 6.45) is 0.340. The Morgan fingerprint density at radius 2 is 1.86 bits per heavy atom. The Kier molecular flexibility index (Phi) is 5.55. The molecule has 0 heterocycles. The van der Waals surface area contributed by atoms with Gasteiger partial charge in [0.15, 0.2) is 0 Å². The van der Waals surface area contributed by atoms with E-state index in [0.717, 1.165) is 11.3 Å². The number of aliphatic hydroxyl groups excluding tert-OH is 1. The number of nitrogens with one attached hydrogen (secondary N) is 1. The summed E-state index contributed by atoms with van der Waals surface area (Å²) >= 11 is 0. The number of carbonyl (C=O) groups is 1. The Morgan fingerprint density at radius 3 is 2.59 bits per heavy atom. The van der Waals surface area contributed by atoms with Gasteiger partial charge in [0.1, 0.15) is 5.75 Å². The van der Waals surface area contributed by atoms with Crippen LogP contribution in [0.3, 0.4) is 0 Å². The molecule has 2 aromatic carbocycles. The summed E-state index contributed by atoms with van der Waals surface area (Å²) in [5.74, 6) is 0.707. The van der Waals surface area contributed by atoms with Gasteiger partial charge in [-0.05, 0) is 31.0 Å². The van der Waals surface area contributed by atoms with Gasteiger partial charge in [0, 0.05) is 17.7 Å². The van der Waals surface area contributed by atoms with Crippen LogP contribution in [-0.2, 0) is 11.2 Å². The van der Waals surface area contributed by atoms with Crippen LogP contribution < -0.4 is 10.1 Å². The van der Waals surface area contributed by atoms with E-state index in [0.29, 0.717) is 24.1 Å². The number of ether oxygens (including phenoxy) is 1. The zero-order valence-corrected chi connectivity index (χ0v) is 12.9. The SMILES string of the molecule is COc1ccccc1CCC(=O)Nc1ccccc1C(C)O. The van der Waals surface area contributed by atoms with Crippen LogP contribution >= 0.6 is 0 Å². The lowest BCUT2D eigenvalue weighted by Gasteiger charge is -2.13. The summed E-state index contributed by atoms with van der Waals surface area (Å²) in [6.45, 7) is 1.68. The minimum atomic E-state index is -0.620. The second-order valence-electron chi connectivity index (χ2n) is 5.12. The maximum Gasteiger partial charge on any atom is 0.224 e. The van der Waals surface area contributed by atoms with Crippen molar-refractivity contribution in [1.82, 2.24) is 0 Å². The highest BCUT2D eigenvalue weighted by Crippen LogP contribution is 2.23. The minimum absolute atomic E-state index is 0.0843. The molecule has 4 nitrogen and oxygen atoms in total. The fourth-order valence-electron chi connectivity index (χ4n) is 2.35. The third kappa shape index (κ3) is 4.09. The standard InChI is InChI=1S/C18H21NO3/c1-13(20)15-8-4-5-9-16(15)19-18(21)12-11-14-7-3-6-10-17(14)22-2/h3-10,13,20H,11-12H2,1-2H3,(H,19,21). The first-order valence-electron chi connectivity index (χ1n) is 7.30. The van der Waals surface area contributed by atoms with Crippen molar-refractivity contribution in [3.63, 3.8) is 0 Å². The number of methoxy groups -OCH3 is 1. The van der Waals surface area contributed by atoms with Crippen molar-refractivity contribution < 1.29 is 14.6 Å². The van der Waals surface area contributed by atoms with Gasteiger partial charge >= 0.3 is 0 Å². The number of amides is 1. The molecule has 0 radical (unpaired) electrons. The largest absolute Gasteiger partial charge is 0.496 e. The first kappa shape index (κ1) is 16.0. The average molecular weight is 299 g/mol. The molecule has 1 unspecified atom stereocenters. The van der Waals surface area contributed by atoms with Crippen molar-refractivity contribution in [3.05, 3.63) is 59.7 Å². The van der Waals surface area contributed by atoms with Gasteiger partial charge in [-0.1, -0.05) is 36.4 Å². The number of para-hydroxylation sites is 2. The van der Waals surface area contributed by atoms with Gasteiger partial charge in [0.2, 0.25) is 5.91 Å². The normalized spacial score (nSPS) is 11.8. The van der Waals surface area contributed by atoms with Crippen LogP contribution in [0.2, 0.25) is 0 Å². The maximum absolute atomic E-state index is 12.1. The van der Waals surface area contributed by atoms with Crippen molar-refractivity contribution in [1.29, 1.82) is 0 Å².